The predicted octanol–water partition coefficient (Wildman–Crippen LogP) is 4.96. The van der Waals surface area contributed by atoms with Gasteiger partial charge in [0, 0.05) is 24.4 Å². The maximum absolute atomic E-state index is 14.2. The molecule has 5 rings (SSSR count). The van der Waals surface area contributed by atoms with Gasteiger partial charge >= 0.3 is 0 Å². The van der Waals surface area contributed by atoms with E-state index in [0.29, 0.717) is 24.9 Å². The summed E-state index contributed by atoms with van der Waals surface area (Å²) in [7, 11) is 0. The largest absolute Gasteiger partial charge is 0.392 e. The third-order valence-electron chi connectivity index (χ3n) is 7.73. The van der Waals surface area contributed by atoms with E-state index >= 15 is 0 Å². The Balaban J connectivity index is 1.39. The summed E-state index contributed by atoms with van der Waals surface area (Å²) in [5, 5.41) is 14.7. The molecular weight excluding hydrogens is 460 g/mol. The van der Waals surface area contributed by atoms with Gasteiger partial charge < -0.3 is 10.0 Å². The third kappa shape index (κ3) is 4.48. The summed E-state index contributed by atoms with van der Waals surface area (Å²) in [6.45, 7) is 4.38. The Morgan fingerprint density at radius 3 is 2.69 bits per heavy atom. The summed E-state index contributed by atoms with van der Waals surface area (Å²) in [4.78, 5) is 15.6. The third-order valence-corrected chi connectivity index (χ3v) is 7.73. The summed E-state index contributed by atoms with van der Waals surface area (Å²) < 4.78 is 29.4. The van der Waals surface area contributed by atoms with Gasteiger partial charge in [-0.15, -0.1) is 0 Å². The second kappa shape index (κ2) is 9.62. The number of allylic oxidation sites excluding steroid dienone is 1. The van der Waals surface area contributed by atoms with E-state index in [0.717, 1.165) is 29.8 Å². The molecule has 1 heterocycles. The lowest BCUT2D eigenvalue weighted by Gasteiger charge is -2.38. The van der Waals surface area contributed by atoms with Gasteiger partial charge in [-0.25, -0.2) is 13.5 Å². The summed E-state index contributed by atoms with van der Waals surface area (Å²) in [6, 6.07) is 12.9. The maximum Gasteiger partial charge on any atom is 0.226 e. The van der Waals surface area contributed by atoms with Crippen molar-refractivity contribution in [2.45, 2.75) is 45.6 Å². The first-order valence-electron chi connectivity index (χ1n) is 12.5. The van der Waals surface area contributed by atoms with Crippen LogP contribution in [-0.4, -0.2) is 44.9 Å². The average Bonchev–Trinajstić information content (AvgIpc) is 3.40. The molecule has 2 aromatic carbocycles. The molecule has 0 spiro atoms. The van der Waals surface area contributed by atoms with Crippen LogP contribution in [-0.2, 0) is 17.6 Å². The van der Waals surface area contributed by atoms with Crippen molar-refractivity contribution in [1.82, 2.24) is 14.7 Å². The van der Waals surface area contributed by atoms with Crippen LogP contribution in [0.25, 0.3) is 11.8 Å². The summed E-state index contributed by atoms with van der Waals surface area (Å²) in [6.07, 6.45) is 5.91. The standard InChI is InChI=1S/C29H31F2N3O2/c1-19(35)18-33(14-13-20-5-3-4-6-26(20)31)28(36)25-12-7-22-15-27-21(16-29(22,25)2)17-32-34(27)24-10-8-23(30)9-11-24/h3-6,8-11,15,17,19,25,35H,7,12-14,16,18H2,1-2H3/t19-,25-,29+/m1/s1. The Morgan fingerprint density at radius 2 is 1.97 bits per heavy atom. The van der Waals surface area contributed by atoms with Crippen LogP contribution in [0.3, 0.4) is 0 Å². The van der Waals surface area contributed by atoms with Crippen LogP contribution in [0.4, 0.5) is 8.78 Å². The van der Waals surface area contributed by atoms with Crippen molar-refractivity contribution in [2.24, 2.45) is 11.3 Å². The van der Waals surface area contributed by atoms with Crippen LogP contribution >= 0.6 is 0 Å². The lowest BCUT2D eigenvalue weighted by Crippen LogP contribution is -2.46. The van der Waals surface area contributed by atoms with Gasteiger partial charge in [-0.1, -0.05) is 30.7 Å². The average molecular weight is 492 g/mol. The predicted molar refractivity (Wildman–Crippen MR) is 134 cm³/mol. The van der Waals surface area contributed by atoms with Crippen LogP contribution in [0, 0.1) is 23.0 Å². The van der Waals surface area contributed by atoms with Gasteiger partial charge in [-0.05, 0) is 80.1 Å². The normalized spacial score (nSPS) is 21.5. The van der Waals surface area contributed by atoms with Crippen molar-refractivity contribution < 1.29 is 18.7 Å². The minimum atomic E-state index is -0.675. The Labute approximate surface area is 210 Å². The molecule has 1 N–H and O–H groups in total. The van der Waals surface area contributed by atoms with E-state index in [-0.39, 0.29) is 35.4 Å². The molecule has 7 heteroatoms. The number of rotatable bonds is 7. The molecule has 2 aliphatic carbocycles. The van der Waals surface area contributed by atoms with Crippen molar-refractivity contribution in [3.63, 3.8) is 0 Å². The fourth-order valence-electron chi connectivity index (χ4n) is 5.82. The molecular formula is C29H31F2N3O2. The fraction of sp³-hybridized carbons (Fsp3) is 0.379. The molecule has 5 nitrogen and oxygen atoms in total. The number of hydrogen-bond donors (Lipinski definition) is 1. The van der Waals surface area contributed by atoms with E-state index in [2.05, 4.69) is 18.1 Å². The number of aromatic nitrogens is 2. The second-order valence-corrected chi connectivity index (χ2v) is 10.3. The summed E-state index contributed by atoms with van der Waals surface area (Å²) in [5.74, 6) is -0.796. The second-order valence-electron chi connectivity index (χ2n) is 10.3. The molecule has 0 bridgehead atoms. The van der Waals surface area contributed by atoms with Crippen LogP contribution in [0.1, 0.15) is 43.5 Å². The molecule has 3 aromatic rings. The summed E-state index contributed by atoms with van der Waals surface area (Å²) in [5.41, 5.74) is 4.24. The van der Waals surface area contributed by atoms with Gasteiger partial charge in [-0.3, -0.25) is 4.79 Å². The zero-order valence-electron chi connectivity index (χ0n) is 20.6. The quantitative estimate of drug-likeness (QED) is 0.508. The highest BCUT2D eigenvalue weighted by Crippen LogP contribution is 2.53. The molecule has 3 atom stereocenters. The Bertz CT molecular complexity index is 1300. The van der Waals surface area contributed by atoms with E-state index in [1.807, 2.05) is 10.9 Å². The Morgan fingerprint density at radius 1 is 1.22 bits per heavy atom. The lowest BCUT2D eigenvalue weighted by molar-refractivity contribution is -0.139. The number of amides is 1. The minimum absolute atomic E-state index is 0.00696. The van der Waals surface area contributed by atoms with Gasteiger partial charge in [0.15, 0.2) is 0 Å². The maximum atomic E-state index is 14.2. The number of halogens is 2. The van der Waals surface area contributed by atoms with E-state index in [9.17, 15) is 18.7 Å². The number of carbonyl (C=O) groups is 1. The highest BCUT2D eigenvalue weighted by molar-refractivity contribution is 5.82. The number of carbonyl (C=O) groups excluding carboxylic acids is 1. The molecule has 0 radical (unpaired) electrons. The van der Waals surface area contributed by atoms with Gasteiger partial charge in [0.25, 0.3) is 0 Å². The first-order chi connectivity index (χ1) is 17.3. The van der Waals surface area contributed by atoms with Crippen molar-refractivity contribution in [3.05, 3.63) is 88.8 Å². The smallest absolute Gasteiger partial charge is 0.226 e. The number of aliphatic hydroxyl groups is 1. The van der Waals surface area contributed by atoms with Crippen molar-refractivity contribution in [2.75, 3.05) is 13.1 Å². The molecule has 2 aliphatic rings. The first-order valence-corrected chi connectivity index (χ1v) is 12.5. The highest BCUT2D eigenvalue weighted by atomic mass is 19.1. The van der Waals surface area contributed by atoms with Crippen molar-refractivity contribution in [1.29, 1.82) is 0 Å². The molecule has 1 fully saturated rings. The number of benzene rings is 2. The number of fused-ring (bicyclic) bond motifs is 2. The highest BCUT2D eigenvalue weighted by Gasteiger charge is 2.49. The van der Waals surface area contributed by atoms with E-state index in [1.165, 1.54) is 23.8 Å². The van der Waals surface area contributed by atoms with Crippen LogP contribution in [0.2, 0.25) is 0 Å². The Hall–Kier alpha value is -3.32. The van der Waals surface area contributed by atoms with Crippen molar-refractivity contribution in [3.8, 4) is 5.69 Å². The van der Waals surface area contributed by atoms with Crippen LogP contribution < -0.4 is 0 Å². The van der Waals surface area contributed by atoms with Gasteiger partial charge in [0.2, 0.25) is 5.91 Å². The minimum Gasteiger partial charge on any atom is -0.392 e. The Kier molecular flexibility index (Phi) is 6.51. The monoisotopic (exact) mass is 491 g/mol. The van der Waals surface area contributed by atoms with Gasteiger partial charge in [0.1, 0.15) is 11.6 Å². The molecule has 0 saturated heterocycles. The van der Waals surface area contributed by atoms with Crippen LogP contribution in [0.15, 0.2) is 60.3 Å². The molecule has 1 saturated carbocycles. The molecule has 1 aromatic heterocycles. The molecule has 0 unspecified atom stereocenters. The zero-order valence-corrected chi connectivity index (χ0v) is 20.6. The number of aliphatic hydroxyl groups excluding tert-OH is 1. The van der Waals surface area contributed by atoms with E-state index in [1.54, 1.807) is 42.2 Å². The number of hydrogen-bond acceptors (Lipinski definition) is 3. The molecule has 1 amide bonds. The fourth-order valence-corrected chi connectivity index (χ4v) is 5.82. The van der Waals surface area contributed by atoms with Crippen molar-refractivity contribution >= 4 is 12.0 Å². The number of nitrogens with zero attached hydrogens (tertiary/aromatic N) is 3. The van der Waals surface area contributed by atoms with Crippen LogP contribution in [0.5, 0.6) is 0 Å². The summed E-state index contributed by atoms with van der Waals surface area (Å²) >= 11 is 0. The van der Waals surface area contributed by atoms with Gasteiger partial charge in [-0.2, -0.15) is 5.10 Å². The zero-order chi connectivity index (χ0) is 25.4. The molecule has 36 heavy (non-hydrogen) atoms. The first kappa shape index (κ1) is 24.4. The van der Waals surface area contributed by atoms with Gasteiger partial charge in [0.05, 0.1) is 23.7 Å². The SMILES string of the molecule is C[C@@H](O)CN(CCc1ccccc1F)C(=O)[C@H]1CCC2=Cc3c(cnn3-c3ccc(F)cc3)C[C@@]21C. The topological polar surface area (TPSA) is 58.4 Å². The van der Waals surface area contributed by atoms with E-state index in [4.69, 9.17) is 0 Å². The molecule has 0 aliphatic heterocycles. The van der Waals surface area contributed by atoms with E-state index < -0.39 is 6.10 Å². The molecule has 188 valence electrons. The lowest BCUT2D eigenvalue weighted by atomic mass is 9.69.